The van der Waals surface area contributed by atoms with Crippen molar-refractivity contribution in [3.63, 3.8) is 0 Å². The molecule has 1 amide bonds. The highest BCUT2D eigenvalue weighted by molar-refractivity contribution is 5.73. The molecule has 1 aromatic rings. The number of carbonyl (C=O) groups excluding carboxylic acids is 1. The molecule has 0 radical (unpaired) electrons. The van der Waals surface area contributed by atoms with Crippen molar-refractivity contribution in [3.8, 4) is 0 Å². The first-order valence-corrected chi connectivity index (χ1v) is 7.89. The van der Waals surface area contributed by atoms with E-state index in [0.29, 0.717) is 26.2 Å². The lowest BCUT2D eigenvalue weighted by molar-refractivity contribution is -0.129. The van der Waals surface area contributed by atoms with Crippen LogP contribution >= 0.6 is 0 Å². The van der Waals surface area contributed by atoms with Crippen LogP contribution in [0.4, 0.5) is 11.6 Å². The second-order valence-corrected chi connectivity index (χ2v) is 5.96. The third-order valence-electron chi connectivity index (χ3n) is 4.31. The molecule has 2 fully saturated rings. The first-order chi connectivity index (χ1) is 10.6. The molecule has 7 nitrogen and oxygen atoms in total. The molecular formula is C15H23N5O2. The first-order valence-electron chi connectivity index (χ1n) is 7.89. The summed E-state index contributed by atoms with van der Waals surface area (Å²) in [5.41, 5.74) is 0. The lowest BCUT2D eigenvalue weighted by atomic mass is 10.3. The van der Waals surface area contributed by atoms with Crippen molar-refractivity contribution in [1.29, 1.82) is 0 Å². The van der Waals surface area contributed by atoms with Gasteiger partial charge in [-0.15, -0.1) is 0 Å². The highest BCUT2D eigenvalue weighted by Gasteiger charge is 2.27. The molecule has 2 aliphatic heterocycles. The van der Waals surface area contributed by atoms with Gasteiger partial charge >= 0.3 is 0 Å². The molecular weight excluding hydrogens is 282 g/mol. The fraction of sp³-hybridized carbons (Fsp3) is 0.667. The van der Waals surface area contributed by atoms with Crippen LogP contribution in [0.5, 0.6) is 0 Å². The van der Waals surface area contributed by atoms with Crippen molar-refractivity contribution < 1.29 is 9.90 Å². The van der Waals surface area contributed by atoms with Crippen LogP contribution in [0.2, 0.25) is 0 Å². The molecule has 1 aromatic heterocycles. The molecule has 0 aliphatic carbocycles. The predicted molar refractivity (Wildman–Crippen MR) is 84.0 cm³/mol. The third kappa shape index (κ3) is 3.14. The van der Waals surface area contributed by atoms with E-state index in [4.69, 9.17) is 0 Å². The largest absolute Gasteiger partial charge is 0.389 e. The van der Waals surface area contributed by atoms with Crippen molar-refractivity contribution >= 4 is 17.5 Å². The molecule has 0 aromatic carbocycles. The van der Waals surface area contributed by atoms with E-state index >= 15 is 0 Å². The van der Waals surface area contributed by atoms with Gasteiger partial charge in [0.15, 0.2) is 11.6 Å². The zero-order chi connectivity index (χ0) is 15.5. The van der Waals surface area contributed by atoms with Gasteiger partial charge in [-0.2, -0.15) is 0 Å². The van der Waals surface area contributed by atoms with Gasteiger partial charge in [0.25, 0.3) is 0 Å². The summed E-state index contributed by atoms with van der Waals surface area (Å²) in [5.74, 6) is 1.71. The van der Waals surface area contributed by atoms with Gasteiger partial charge in [0, 0.05) is 58.6 Å². The van der Waals surface area contributed by atoms with E-state index in [-0.39, 0.29) is 5.91 Å². The van der Waals surface area contributed by atoms with Gasteiger partial charge in [-0.05, 0) is 12.8 Å². The Morgan fingerprint density at radius 1 is 1.05 bits per heavy atom. The molecule has 3 heterocycles. The number of carbonyl (C=O) groups is 1. The summed E-state index contributed by atoms with van der Waals surface area (Å²) in [7, 11) is 0. The van der Waals surface area contributed by atoms with Crippen molar-refractivity contribution in [3.05, 3.63) is 12.4 Å². The molecule has 0 saturated carbocycles. The Hall–Kier alpha value is -1.89. The van der Waals surface area contributed by atoms with E-state index in [0.717, 1.165) is 24.7 Å². The van der Waals surface area contributed by atoms with Gasteiger partial charge < -0.3 is 19.8 Å². The maximum absolute atomic E-state index is 11.6. The highest BCUT2D eigenvalue weighted by atomic mass is 16.3. The number of β-amino-alcohol motifs (C(OH)–C–C–N with tert-alkyl or cyclic N) is 1. The van der Waals surface area contributed by atoms with Crippen molar-refractivity contribution in [2.45, 2.75) is 25.9 Å². The molecule has 0 spiro atoms. The van der Waals surface area contributed by atoms with E-state index in [1.807, 2.05) is 4.90 Å². The molecule has 7 heteroatoms. The van der Waals surface area contributed by atoms with Crippen LogP contribution in [0.1, 0.15) is 19.8 Å². The number of nitrogens with zero attached hydrogens (tertiary/aromatic N) is 5. The Morgan fingerprint density at radius 2 is 1.68 bits per heavy atom. The van der Waals surface area contributed by atoms with Crippen LogP contribution in [-0.4, -0.2) is 71.3 Å². The second kappa shape index (κ2) is 6.48. The Morgan fingerprint density at radius 3 is 2.32 bits per heavy atom. The Kier molecular flexibility index (Phi) is 4.42. The molecule has 2 saturated heterocycles. The van der Waals surface area contributed by atoms with Crippen LogP contribution in [0.3, 0.4) is 0 Å². The number of anilines is 2. The summed E-state index contributed by atoms with van der Waals surface area (Å²) in [5, 5.41) is 10.2. The standard InChI is InChI=1S/C15H23N5O2/c1-12(21)19-8-9-20(11-13(22)10-19)15-14(16-4-5-17-15)18-6-2-3-7-18/h4-5,13,22H,2-3,6-11H2,1H3/t13-/m1/s1. The average molecular weight is 305 g/mol. The zero-order valence-corrected chi connectivity index (χ0v) is 13.0. The van der Waals surface area contributed by atoms with Gasteiger partial charge in [-0.25, -0.2) is 9.97 Å². The van der Waals surface area contributed by atoms with Crippen molar-refractivity contribution in [1.82, 2.24) is 14.9 Å². The lowest BCUT2D eigenvalue weighted by Gasteiger charge is -2.27. The highest BCUT2D eigenvalue weighted by Crippen LogP contribution is 2.28. The summed E-state index contributed by atoms with van der Waals surface area (Å²) in [6.07, 6.45) is 5.19. The Labute approximate surface area is 130 Å². The van der Waals surface area contributed by atoms with Crippen molar-refractivity contribution in [2.75, 3.05) is 49.1 Å². The number of aliphatic hydroxyl groups excluding tert-OH is 1. The van der Waals surface area contributed by atoms with E-state index in [1.54, 1.807) is 24.2 Å². The van der Waals surface area contributed by atoms with E-state index in [1.165, 1.54) is 12.8 Å². The molecule has 22 heavy (non-hydrogen) atoms. The summed E-state index contributed by atoms with van der Waals surface area (Å²) in [4.78, 5) is 26.6. The minimum Gasteiger partial charge on any atom is -0.389 e. The van der Waals surface area contributed by atoms with Crippen LogP contribution in [-0.2, 0) is 4.79 Å². The molecule has 120 valence electrons. The van der Waals surface area contributed by atoms with Gasteiger partial charge in [-0.3, -0.25) is 4.79 Å². The molecule has 1 atom stereocenters. The Balaban J connectivity index is 1.82. The molecule has 0 bridgehead atoms. The summed E-state index contributed by atoms with van der Waals surface area (Å²) in [6.45, 7) is 5.66. The number of aliphatic hydroxyl groups is 1. The van der Waals surface area contributed by atoms with Gasteiger partial charge in [-0.1, -0.05) is 0 Å². The number of aromatic nitrogens is 2. The van der Waals surface area contributed by atoms with Gasteiger partial charge in [0.1, 0.15) is 0 Å². The zero-order valence-electron chi connectivity index (χ0n) is 13.0. The SMILES string of the molecule is CC(=O)N1CCN(c2nccnc2N2CCCC2)C[C@H](O)C1. The maximum atomic E-state index is 11.6. The minimum atomic E-state index is -0.570. The Bertz CT molecular complexity index is 532. The number of rotatable bonds is 2. The average Bonchev–Trinajstić information content (AvgIpc) is 2.96. The van der Waals surface area contributed by atoms with E-state index < -0.39 is 6.10 Å². The summed E-state index contributed by atoms with van der Waals surface area (Å²) >= 11 is 0. The molecule has 2 aliphatic rings. The number of amides is 1. The van der Waals surface area contributed by atoms with Crippen LogP contribution in [0.15, 0.2) is 12.4 Å². The summed E-state index contributed by atoms with van der Waals surface area (Å²) < 4.78 is 0. The number of hydrogen-bond donors (Lipinski definition) is 1. The van der Waals surface area contributed by atoms with E-state index in [9.17, 15) is 9.90 Å². The third-order valence-corrected chi connectivity index (χ3v) is 4.31. The maximum Gasteiger partial charge on any atom is 0.219 e. The molecule has 3 rings (SSSR count). The predicted octanol–water partition coefficient (Wildman–Crippen LogP) is 0.106. The molecule has 0 unspecified atom stereocenters. The van der Waals surface area contributed by atoms with E-state index in [2.05, 4.69) is 14.9 Å². The monoisotopic (exact) mass is 305 g/mol. The van der Waals surface area contributed by atoms with Crippen LogP contribution in [0.25, 0.3) is 0 Å². The smallest absolute Gasteiger partial charge is 0.219 e. The quantitative estimate of drug-likeness (QED) is 0.836. The second-order valence-electron chi connectivity index (χ2n) is 5.96. The fourth-order valence-electron chi connectivity index (χ4n) is 3.17. The van der Waals surface area contributed by atoms with Crippen LogP contribution in [0, 0.1) is 0 Å². The van der Waals surface area contributed by atoms with Gasteiger partial charge in [0.2, 0.25) is 5.91 Å². The normalized spacial score (nSPS) is 22.8. The molecule has 1 N–H and O–H groups in total. The topological polar surface area (TPSA) is 72.8 Å². The van der Waals surface area contributed by atoms with Gasteiger partial charge in [0.05, 0.1) is 6.10 Å². The summed E-state index contributed by atoms with van der Waals surface area (Å²) in [6, 6.07) is 0. The number of hydrogen-bond acceptors (Lipinski definition) is 6. The van der Waals surface area contributed by atoms with Crippen molar-refractivity contribution in [2.24, 2.45) is 0 Å². The first kappa shape index (κ1) is 15.0. The fourth-order valence-corrected chi connectivity index (χ4v) is 3.17. The van der Waals surface area contributed by atoms with Crippen LogP contribution < -0.4 is 9.80 Å². The lowest BCUT2D eigenvalue weighted by Crippen LogP contribution is -2.36. The minimum absolute atomic E-state index is 0.000174.